The number of nitrogens with zero attached hydrogens (tertiary/aromatic N) is 2. The minimum atomic E-state index is -1.07. The van der Waals surface area contributed by atoms with E-state index in [-0.39, 0.29) is 10.6 Å². The van der Waals surface area contributed by atoms with Gasteiger partial charge in [0.15, 0.2) is 0 Å². The van der Waals surface area contributed by atoms with Crippen molar-refractivity contribution in [3.05, 3.63) is 70.2 Å². The molecule has 0 atom stereocenters. The van der Waals surface area contributed by atoms with Crippen LogP contribution in [0.15, 0.2) is 53.6 Å². The van der Waals surface area contributed by atoms with E-state index in [1.54, 1.807) is 37.3 Å². The first-order valence-corrected chi connectivity index (χ1v) is 6.72. The Labute approximate surface area is 128 Å². The average Bonchev–Trinajstić information content (AvgIpc) is 2.45. The second-order valence-electron chi connectivity index (χ2n) is 4.63. The predicted molar refractivity (Wildman–Crippen MR) is 84.2 cm³/mol. The molecule has 21 heavy (non-hydrogen) atoms. The van der Waals surface area contributed by atoms with Crippen molar-refractivity contribution in [2.45, 2.75) is 0 Å². The van der Waals surface area contributed by atoms with E-state index in [0.717, 1.165) is 5.56 Å². The van der Waals surface area contributed by atoms with Crippen LogP contribution in [0.5, 0.6) is 0 Å². The lowest BCUT2D eigenvalue weighted by Crippen LogP contribution is -2.15. The van der Waals surface area contributed by atoms with Gasteiger partial charge in [0.25, 0.3) is 0 Å². The zero-order chi connectivity index (χ0) is 15.4. The zero-order valence-corrected chi connectivity index (χ0v) is 12.5. The molecular formula is C16H15ClN2O2. The summed E-state index contributed by atoms with van der Waals surface area (Å²) in [6.45, 7) is 0. The number of aromatic carboxylic acids is 1. The molecule has 1 N–H and O–H groups in total. The third-order valence-corrected chi connectivity index (χ3v) is 3.14. The van der Waals surface area contributed by atoms with E-state index in [0.29, 0.717) is 11.3 Å². The lowest BCUT2D eigenvalue weighted by atomic mass is 9.97. The van der Waals surface area contributed by atoms with Crippen molar-refractivity contribution in [2.75, 3.05) is 14.1 Å². The topological polar surface area (TPSA) is 52.9 Å². The second-order valence-corrected chi connectivity index (χ2v) is 5.04. The number of benzene rings is 2. The summed E-state index contributed by atoms with van der Waals surface area (Å²) in [5, 5.41) is 15.7. The summed E-state index contributed by atoms with van der Waals surface area (Å²) in [6, 6.07) is 14.4. The maximum atomic E-state index is 11.5. The van der Waals surface area contributed by atoms with E-state index in [1.165, 1.54) is 0 Å². The van der Waals surface area contributed by atoms with Crippen LogP contribution in [-0.4, -0.2) is 35.9 Å². The fraction of sp³-hybridized carbons (Fsp3) is 0.125. The molecule has 0 radical (unpaired) electrons. The van der Waals surface area contributed by atoms with Gasteiger partial charge in [-0.1, -0.05) is 54.1 Å². The normalized spacial score (nSPS) is 11.3. The number of carbonyl (C=O) groups is 1. The first-order chi connectivity index (χ1) is 10.0. The van der Waals surface area contributed by atoms with E-state index in [4.69, 9.17) is 11.6 Å². The fourth-order valence-corrected chi connectivity index (χ4v) is 2.26. The maximum Gasteiger partial charge on any atom is 0.337 e. The van der Waals surface area contributed by atoms with Gasteiger partial charge >= 0.3 is 5.97 Å². The molecule has 2 rings (SSSR count). The Bertz CT molecular complexity index is 682. The summed E-state index contributed by atoms with van der Waals surface area (Å²) in [4.78, 5) is 11.5. The van der Waals surface area contributed by atoms with Crippen molar-refractivity contribution in [1.29, 1.82) is 0 Å². The molecule has 2 aromatic rings. The van der Waals surface area contributed by atoms with E-state index in [9.17, 15) is 9.90 Å². The van der Waals surface area contributed by atoms with Gasteiger partial charge in [0.1, 0.15) is 0 Å². The average molecular weight is 303 g/mol. The summed E-state index contributed by atoms with van der Waals surface area (Å²) < 4.78 is 0. The number of hydrogen-bond donors (Lipinski definition) is 1. The summed E-state index contributed by atoms with van der Waals surface area (Å²) in [5.74, 6) is -1.07. The smallest absolute Gasteiger partial charge is 0.337 e. The Hall–Kier alpha value is -2.33. The minimum absolute atomic E-state index is 0.0589. The highest BCUT2D eigenvalue weighted by Crippen LogP contribution is 2.23. The summed E-state index contributed by atoms with van der Waals surface area (Å²) >= 11 is 6.04. The van der Waals surface area contributed by atoms with Gasteiger partial charge in [-0.05, 0) is 6.07 Å². The van der Waals surface area contributed by atoms with Crippen LogP contribution in [0.2, 0.25) is 5.02 Å². The first kappa shape index (κ1) is 15.1. The molecule has 0 unspecified atom stereocenters. The molecule has 0 saturated heterocycles. The zero-order valence-electron chi connectivity index (χ0n) is 11.7. The third-order valence-electron chi connectivity index (χ3n) is 2.83. The van der Waals surface area contributed by atoms with Crippen molar-refractivity contribution < 1.29 is 9.90 Å². The first-order valence-electron chi connectivity index (χ1n) is 6.34. The lowest BCUT2D eigenvalue weighted by Gasteiger charge is -2.14. The van der Waals surface area contributed by atoms with Crippen molar-refractivity contribution in [1.82, 2.24) is 5.01 Å². The second kappa shape index (κ2) is 6.41. The van der Waals surface area contributed by atoms with Gasteiger partial charge in [0, 0.05) is 25.2 Å². The monoisotopic (exact) mass is 302 g/mol. The highest BCUT2D eigenvalue weighted by atomic mass is 35.5. The van der Waals surface area contributed by atoms with Crippen LogP contribution >= 0.6 is 11.6 Å². The fourth-order valence-electron chi connectivity index (χ4n) is 2.00. The van der Waals surface area contributed by atoms with Crippen LogP contribution in [-0.2, 0) is 0 Å². The van der Waals surface area contributed by atoms with E-state index >= 15 is 0 Å². The number of halogens is 1. The highest BCUT2D eigenvalue weighted by Gasteiger charge is 2.19. The summed E-state index contributed by atoms with van der Waals surface area (Å²) in [6.07, 6.45) is 0. The SMILES string of the molecule is CN(C)/N=C(\c1ccccc1)c1cccc(Cl)c1C(=O)O. The van der Waals surface area contributed by atoms with Gasteiger partial charge in [0.05, 0.1) is 16.3 Å². The number of carboxylic acid groups (broad SMARTS) is 1. The molecule has 0 aromatic heterocycles. The van der Waals surface area contributed by atoms with Gasteiger partial charge in [-0.15, -0.1) is 0 Å². The van der Waals surface area contributed by atoms with Crippen molar-refractivity contribution in [3.8, 4) is 0 Å². The van der Waals surface area contributed by atoms with Crippen molar-refractivity contribution in [2.24, 2.45) is 5.10 Å². The van der Waals surface area contributed by atoms with Crippen LogP contribution in [0.4, 0.5) is 0 Å². The molecule has 0 aliphatic rings. The lowest BCUT2D eigenvalue weighted by molar-refractivity contribution is 0.0697. The van der Waals surface area contributed by atoms with E-state index in [1.807, 2.05) is 30.3 Å². The molecule has 0 bridgehead atoms. The number of rotatable bonds is 4. The van der Waals surface area contributed by atoms with Gasteiger partial charge in [-0.3, -0.25) is 0 Å². The molecule has 0 fully saturated rings. The van der Waals surface area contributed by atoms with Crippen LogP contribution in [0, 0.1) is 0 Å². The van der Waals surface area contributed by atoms with Crippen molar-refractivity contribution >= 4 is 23.3 Å². The summed E-state index contributed by atoms with van der Waals surface area (Å²) in [5.41, 5.74) is 1.95. The predicted octanol–water partition coefficient (Wildman–Crippen LogP) is 3.35. The molecule has 108 valence electrons. The number of hydrogen-bond acceptors (Lipinski definition) is 3. The molecule has 0 heterocycles. The molecule has 0 aliphatic carbocycles. The summed E-state index contributed by atoms with van der Waals surface area (Å²) in [7, 11) is 3.57. The number of carboxylic acids is 1. The standard InChI is InChI=1S/C16H15ClN2O2/c1-19(2)18-15(11-7-4-3-5-8-11)12-9-6-10-13(17)14(12)16(20)21/h3-10H,1-2H3,(H,20,21)/b18-15+. The molecule has 2 aromatic carbocycles. The van der Waals surface area contributed by atoms with Gasteiger partial charge < -0.3 is 10.1 Å². The van der Waals surface area contributed by atoms with Crippen LogP contribution in [0.1, 0.15) is 21.5 Å². The highest BCUT2D eigenvalue weighted by molar-refractivity contribution is 6.35. The molecule has 0 spiro atoms. The number of hydrazone groups is 1. The Balaban J connectivity index is 2.70. The van der Waals surface area contributed by atoms with Gasteiger partial charge in [-0.2, -0.15) is 5.10 Å². The van der Waals surface area contributed by atoms with Crippen LogP contribution in [0.25, 0.3) is 0 Å². The van der Waals surface area contributed by atoms with Gasteiger partial charge in [-0.25, -0.2) is 4.79 Å². The molecule has 0 amide bonds. The Morgan fingerprint density at radius 3 is 2.33 bits per heavy atom. The Morgan fingerprint density at radius 2 is 1.76 bits per heavy atom. The quantitative estimate of drug-likeness (QED) is 0.696. The molecule has 5 heteroatoms. The van der Waals surface area contributed by atoms with E-state index < -0.39 is 5.97 Å². The molecule has 0 aliphatic heterocycles. The van der Waals surface area contributed by atoms with Gasteiger partial charge in [0.2, 0.25) is 0 Å². The molecule has 0 saturated carbocycles. The van der Waals surface area contributed by atoms with E-state index in [2.05, 4.69) is 5.10 Å². The minimum Gasteiger partial charge on any atom is -0.478 e. The Kier molecular flexibility index (Phi) is 4.60. The molecular weight excluding hydrogens is 288 g/mol. The van der Waals surface area contributed by atoms with Crippen LogP contribution < -0.4 is 0 Å². The van der Waals surface area contributed by atoms with Crippen molar-refractivity contribution in [3.63, 3.8) is 0 Å². The Morgan fingerprint density at radius 1 is 1.10 bits per heavy atom. The third kappa shape index (κ3) is 3.41. The maximum absolute atomic E-state index is 11.5. The molecule has 4 nitrogen and oxygen atoms in total. The van der Waals surface area contributed by atoms with Crippen LogP contribution in [0.3, 0.4) is 0 Å². The largest absolute Gasteiger partial charge is 0.478 e.